The van der Waals surface area contributed by atoms with Crippen LogP contribution >= 0.6 is 0 Å². The minimum Gasteiger partial charge on any atom is -0.391 e. The van der Waals surface area contributed by atoms with E-state index in [0.717, 1.165) is 0 Å². The molecule has 1 atom stereocenters. The van der Waals surface area contributed by atoms with Gasteiger partial charge in [0, 0.05) is 0 Å². The second-order valence-electron chi connectivity index (χ2n) is 1.30. The van der Waals surface area contributed by atoms with E-state index in [1.807, 2.05) is 0 Å². The zero-order valence-corrected chi connectivity index (χ0v) is 4.55. The molecule has 44 valence electrons. The molecular formula is C4H10O3. The third-order valence-electron chi connectivity index (χ3n) is 0.427. The molecule has 0 aliphatic rings. The predicted molar refractivity (Wildman–Crippen MR) is 24.6 cm³/mol. The largest absolute Gasteiger partial charge is 0.391 e. The second-order valence-corrected chi connectivity index (χ2v) is 1.30. The zero-order valence-electron chi connectivity index (χ0n) is 4.55. The highest BCUT2D eigenvalue weighted by atomic mass is 17.2. The van der Waals surface area contributed by atoms with E-state index < -0.39 is 6.10 Å². The van der Waals surface area contributed by atoms with Crippen LogP contribution in [0.25, 0.3) is 0 Å². The third kappa shape index (κ3) is 5.88. The lowest BCUT2D eigenvalue weighted by Gasteiger charge is -1.99. The van der Waals surface area contributed by atoms with Crippen molar-refractivity contribution in [3.05, 3.63) is 0 Å². The second kappa shape index (κ2) is 4.05. The van der Waals surface area contributed by atoms with Gasteiger partial charge in [-0.1, -0.05) is 0 Å². The zero-order chi connectivity index (χ0) is 5.70. The van der Waals surface area contributed by atoms with Crippen LogP contribution in [0.3, 0.4) is 0 Å². The number of hydrogen-bond acceptors (Lipinski definition) is 3. The van der Waals surface area contributed by atoms with E-state index in [4.69, 9.17) is 5.11 Å². The molecule has 0 amide bonds. The summed E-state index contributed by atoms with van der Waals surface area (Å²) < 4.78 is 0. The van der Waals surface area contributed by atoms with Gasteiger partial charge in [0.05, 0.1) is 13.2 Å². The summed E-state index contributed by atoms with van der Waals surface area (Å²) in [6.07, 6.45) is -0.444. The lowest BCUT2D eigenvalue weighted by atomic mass is 10.5. The van der Waals surface area contributed by atoms with Crippen molar-refractivity contribution in [1.29, 1.82) is 0 Å². The topological polar surface area (TPSA) is 38.7 Å². The molecule has 0 aliphatic heterocycles. The molecule has 0 fully saturated rings. The van der Waals surface area contributed by atoms with E-state index in [1.165, 1.54) is 7.11 Å². The Bertz CT molecular complexity index is 35.9. The number of aliphatic hydroxyl groups excluding tert-OH is 1. The Kier molecular flexibility index (Phi) is 3.98. The average molecular weight is 106 g/mol. The quantitative estimate of drug-likeness (QED) is 0.405. The van der Waals surface area contributed by atoms with Crippen LogP contribution in [0.1, 0.15) is 6.92 Å². The van der Waals surface area contributed by atoms with Gasteiger partial charge in [0.15, 0.2) is 0 Å². The molecule has 0 aliphatic carbocycles. The molecule has 0 aromatic heterocycles. The van der Waals surface area contributed by atoms with Crippen LogP contribution in [-0.2, 0) is 9.78 Å². The summed E-state index contributed by atoms with van der Waals surface area (Å²) in [5.41, 5.74) is 0. The van der Waals surface area contributed by atoms with Crippen LogP contribution in [-0.4, -0.2) is 24.9 Å². The Hall–Kier alpha value is -0.120. The van der Waals surface area contributed by atoms with Gasteiger partial charge in [-0.2, -0.15) is 0 Å². The first-order valence-corrected chi connectivity index (χ1v) is 2.11. The Morgan fingerprint density at radius 2 is 2.29 bits per heavy atom. The van der Waals surface area contributed by atoms with Gasteiger partial charge in [0.25, 0.3) is 0 Å². The number of rotatable bonds is 3. The van der Waals surface area contributed by atoms with E-state index in [0.29, 0.717) is 0 Å². The molecule has 1 N–H and O–H groups in total. The van der Waals surface area contributed by atoms with Crippen molar-refractivity contribution >= 4 is 0 Å². The maximum Gasteiger partial charge on any atom is 0.108 e. The molecule has 0 spiro atoms. The molecule has 3 heteroatoms. The SMILES string of the molecule is COOCC(C)O. The summed E-state index contributed by atoms with van der Waals surface area (Å²) in [4.78, 5) is 8.54. The van der Waals surface area contributed by atoms with Gasteiger partial charge in [-0.3, -0.25) is 0 Å². The van der Waals surface area contributed by atoms with Gasteiger partial charge < -0.3 is 5.11 Å². The molecule has 0 bridgehead atoms. The molecule has 3 nitrogen and oxygen atoms in total. The highest BCUT2D eigenvalue weighted by molar-refractivity contribution is 4.35. The van der Waals surface area contributed by atoms with Crippen molar-refractivity contribution in [2.45, 2.75) is 13.0 Å². The molecule has 0 heterocycles. The van der Waals surface area contributed by atoms with Crippen LogP contribution in [0.2, 0.25) is 0 Å². The first kappa shape index (κ1) is 6.88. The van der Waals surface area contributed by atoms with Crippen molar-refractivity contribution in [1.82, 2.24) is 0 Å². The highest BCUT2D eigenvalue weighted by Crippen LogP contribution is 1.79. The van der Waals surface area contributed by atoms with Crippen molar-refractivity contribution < 1.29 is 14.9 Å². The van der Waals surface area contributed by atoms with Gasteiger partial charge in [0.1, 0.15) is 6.61 Å². The lowest BCUT2D eigenvalue weighted by molar-refractivity contribution is -0.283. The van der Waals surface area contributed by atoms with Gasteiger partial charge >= 0.3 is 0 Å². The van der Waals surface area contributed by atoms with Crippen molar-refractivity contribution in [2.75, 3.05) is 13.7 Å². The molecule has 0 radical (unpaired) electrons. The van der Waals surface area contributed by atoms with E-state index >= 15 is 0 Å². The van der Waals surface area contributed by atoms with Gasteiger partial charge in [0.2, 0.25) is 0 Å². The van der Waals surface area contributed by atoms with Crippen molar-refractivity contribution in [2.24, 2.45) is 0 Å². The lowest BCUT2D eigenvalue weighted by Crippen LogP contribution is -2.09. The Morgan fingerprint density at radius 1 is 1.71 bits per heavy atom. The molecule has 0 rings (SSSR count). The normalized spacial score (nSPS) is 14.1. The van der Waals surface area contributed by atoms with E-state index in [2.05, 4.69) is 9.78 Å². The molecule has 7 heavy (non-hydrogen) atoms. The maximum absolute atomic E-state index is 8.48. The fraction of sp³-hybridized carbons (Fsp3) is 1.00. The summed E-state index contributed by atoms with van der Waals surface area (Å²) in [6, 6.07) is 0. The Labute approximate surface area is 42.8 Å². The number of hydrogen-bond donors (Lipinski definition) is 1. The van der Waals surface area contributed by atoms with Crippen LogP contribution in [0, 0.1) is 0 Å². The minimum absolute atomic E-state index is 0.233. The van der Waals surface area contributed by atoms with Crippen molar-refractivity contribution in [3.8, 4) is 0 Å². The van der Waals surface area contributed by atoms with Crippen LogP contribution < -0.4 is 0 Å². The first-order valence-electron chi connectivity index (χ1n) is 2.11. The van der Waals surface area contributed by atoms with Gasteiger partial charge in [-0.15, -0.1) is 0 Å². The predicted octanol–water partition coefficient (Wildman–Crippen LogP) is -0.0548. The standard InChI is InChI=1S/C4H10O3/c1-4(5)3-7-6-2/h4-5H,3H2,1-2H3. The molecule has 1 unspecified atom stereocenters. The summed E-state index contributed by atoms with van der Waals surface area (Å²) in [7, 11) is 1.41. The van der Waals surface area contributed by atoms with E-state index in [9.17, 15) is 0 Å². The monoisotopic (exact) mass is 106 g/mol. The minimum atomic E-state index is -0.444. The molecule has 0 saturated heterocycles. The molecule has 0 saturated carbocycles. The highest BCUT2D eigenvalue weighted by Gasteiger charge is 1.91. The average Bonchev–Trinajstić information content (AvgIpc) is 1.61. The summed E-state index contributed by atoms with van der Waals surface area (Å²) in [6.45, 7) is 1.86. The fourth-order valence-electron chi connectivity index (χ4n) is 0.167. The summed E-state index contributed by atoms with van der Waals surface area (Å²) in [5.74, 6) is 0. The van der Waals surface area contributed by atoms with E-state index in [1.54, 1.807) is 6.92 Å². The summed E-state index contributed by atoms with van der Waals surface area (Å²) >= 11 is 0. The maximum atomic E-state index is 8.48. The van der Waals surface area contributed by atoms with Gasteiger partial charge in [-0.25, -0.2) is 9.78 Å². The number of aliphatic hydroxyl groups is 1. The van der Waals surface area contributed by atoms with Crippen LogP contribution in [0.5, 0.6) is 0 Å². The Morgan fingerprint density at radius 3 is 2.43 bits per heavy atom. The smallest absolute Gasteiger partial charge is 0.108 e. The van der Waals surface area contributed by atoms with E-state index in [-0.39, 0.29) is 6.61 Å². The Balaban J connectivity index is 2.68. The van der Waals surface area contributed by atoms with Crippen LogP contribution in [0.15, 0.2) is 0 Å². The fourth-order valence-corrected chi connectivity index (χ4v) is 0.167. The first-order chi connectivity index (χ1) is 3.27. The molecule has 0 aromatic rings. The molecular weight excluding hydrogens is 96.0 g/mol. The summed E-state index contributed by atoms with van der Waals surface area (Å²) in [5, 5.41) is 8.48. The van der Waals surface area contributed by atoms with Gasteiger partial charge in [-0.05, 0) is 6.92 Å². The molecule has 0 aromatic carbocycles. The van der Waals surface area contributed by atoms with Crippen molar-refractivity contribution in [3.63, 3.8) is 0 Å². The third-order valence-corrected chi connectivity index (χ3v) is 0.427. The van der Waals surface area contributed by atoms with Crippen LogP contribution in [0.4, 0.5) is 0 Å².